The smallest absolute Gasteiger partial charge is 0.160 e. The number of ketones is 2. The highest BCUT2D eigenvalue weighted by Gasteiger charge is 2.18. The molecule has 0 radical (unpaired) electrons. The molecule has 1 heterocycles. The number of hydrogen-bond acceptors (Lipinski definition) is 3. The molecule has 1 unspecified atom stereocenters. The van der Waals surface area contributed by atoms with Crippen LogP contribution in [0.3, 0.4) is 0 Å². The Kier molecular flexibility index (Phi) is 3.53. The molecule has 0 aromatic carbocycles. The van der Waals surface area contributed by atoms with Crippen LogP contribution in [0.1, 0.15) is 19.8 Å². The van der Waals surface area contributed by atoms with E-state index >= 15 is 0 Å². The molecule has 1 atom stereocenters. The first-order valence-electron chi connectivity index (χ1n) is 4.01. The molecule has 0 amide bonds. The summed E-state index contributed by atoms with van der Waals surface area (Å²) in [6, 6.07) is 0. The molecule has 1 aliphatic heterocycles. The van der Waals surface area contributed by atoms with E-state index in [1.807, 2.05) is 5.41 Å². The van der Waals surface area contributed by atoms with Crippen molar-refractivity contribution in [2.75, 3.05) is 5.75 Å². The Balaban J connectivity index is 2.37. The summed E-state index contributed by atoms with van der Waals surface area (Å²) in [6.07, 6.45) is 2.86. The van der Waals surface area contributed by atoms with Crippen molar-refractivity contribution in [1.82, 2.24) is 0 Å². The van der Waals surface area contributed by atoms with Gasteiger partial charge in [-0.1, -0.05) is 0 Å². The van der Waals surface area contributed by atoms with Crippen LogP contribution in [-0.2, 0) is 9.59 Å². The van der Waals surface area contributed by atoms with Crippen molar-refractivity contribution in [3.63, 3.8) is 0 Å². The fraction of sp³-hybridized carbons (Fsp3) is 0.556. The van der Waals surface area contributed by atoms with Crippen LogP contribution in [0.4, 0.5) is 0 Å². The summed E-state index contributed by atoms with van der Waals surface area (Å²) in [5.41, 5.74) is 0. The summed E-state index contributed by atoms with van der Waals surface area (Å²) in [5.74, 6) is 1.25. The number of carbonyl (C=O) groups excluding carboxylic acids is 2. The predicted molar refractivity (Wildman–Crippen MR) is 50.0 cm³/mol. The third-order valence-corrected chi connectivity index (χ3v) is 2.80. The molecule has 0 aromatic rings. The Labute approximate surface area is 76.4 Å². The molecule has 2 nitrogen and oxygen atoms in total. The van der Waals surface area contributed by atoms with E-state index in [4.69, 9.17) is 0 Å². The lowest BCUT2D eigenvalue weighted by atomic mass is 9.99. The lowest BCUT2D eigenvalue weighted by molar-refractivity contribution is -0.119. The third kappa shape index (κ3) is 2.81. The van der Waals surface area contributed by atoms with Gasteiger partial charge in [0.1, 0.15) is 5.78 Å². The molecule has 0 N–H and O–H groups in total. The highest BCUT2D eigenvalue weighted by Crippen LogP contribution is 2.21. The van der Waals surface area contributed by atoms with Gasteiger partial charge in [-0.05, 0) is 24.8 Å². The van der Waals surface area contributed by atoms with Gasteiger partial charge in [-0.25, -0.2) is 0 Å². The van der Waals surface area contributed by atoms with Gasteiger partial charge in [0.2, 0.25) is 0 Å². The number of hydrogen-bond donors (Lipinski definition) is 0. The zero-order chi connectivity index (χ0) is 8.97. The van der Waals surface area contributed by atoms with E-state index in [0.717, 1.165) is 5.75 Å². The molecule has 1 rings (SSSR count). The van der Waals surface area contributed by atoms with E-state index < -0.39 is 0 Å². The van der Waals surface area contributed by atoms with Crippen molar-refractivity contribution >= 4 is 23.3 Å². The normalized spacial score (nSPS) is 22.8. The number of Topliss-reactive ketones (excluding diaryl/α,β-unsaturated/α-hetero) is 1. The fourth-order valence-corrected chi connectivity index (χ4v) is 2.01. The number of rotatable bonds is 3. The minimum atomic E-state index is 0.0731. The minimum absolute atomic E-state index is 0.0731. The summed E-state index contributed by atoms with van der Waals surface area (Å²) in [7, 11) is 0. The Hall–Kier alpha value is -0.570. The van der Waals surface area contributed by atoms with Gasteiger partial charge in [0, 0.05) is 18.1 Å². The Morgan fingerprint density at radius 3 is 3.08 bits per heavy atom. The van der Waals surface area contributed by atoms with Crippen LogP contribution in [0.2, 0.25) is 0 Å². The Bertz CT molecular complexity index is 221. The lowest BCUT2D eigenvalue weighted by Crippen LogP contribution is -2.18. The number of thioether (sulfide) groups is 1. The molecule has 0 spiro atoms. The first kappa shape index (κ1) is 9.52. The molecular weight excluding hydrogens is 172 g/mol. The molecule has 12 heavy (non-hydrogen) atoms. The maximum atomic E-state index is 11.2. The lowest BCUT2D eigenvalue weighted by Gasteiger charge is -2.14. The minimum Gasteiger partial charge on any atom is -0.300 e. The average molecular weight is 184 g/mol. The van der Waals surface area contributed by atoms with Crippen LogP contribution < -0.4 is 0 Å². The van der Waals surface area contributed by atoms with E-state index in [1.54, 1.807) is 24.8 Å². The van der Waals surface area contributed by atoms with Crippen molar-refractivity contribution in [1.29, 1.82) is 0 Å². The second kappa shape index (κ2) is 4.45. The molecule has 0 saturated heterocycles. The molecule has 0 bridgehead atoms. The summed E-state index contributed by atoms with van der Waals surface area (Å²) in [5, 5.41) is 1.83. The van der Waals surface area contributed by atoms with Crippen LogP contribution in [0.5, 0.6) is 0 Å². The van der Waals surface area contributed by atoms with Crippen molar-refractivity contribution in [2.24, 2.45) is 5.92 Å². The molecule has 0 saturated carbocycles. The van der Waals surface area contributed by atoms with Gasteiger partial charge in [0.25, 0.3) is 0 Å². The highest BCUT2D eigenvalue weighted by molar-refractivity contribution is 8.02. The van der Waals surface area contributed by atoms with Crippen LogP contribution in [-0.4, -0.2) is 17.3 Å². The maximum Gasteiger partial charge on any atom is 0.160 e. The molecule has 0 fully saturated rings. The second-order valence-corrected chi connectivity index (χ2v) is 3.91. The SMILES string of the molecule is CC(=O)CCC1CSC=CC1=O. The van der Waals surface area contributed by atoms with E-state index in [1.165, 1.54) is 0 Å². The van der Waals surface area contributed by atoms with Crippen molar-refractivity contribution in [2.45, 2.75) is 19.8 Å². The number of carbonyl (C=O) groups is 2. The van der Waals surface area contributed by atoms with Crippen molar-refractivity contribution in [3.8, 4) is 0 Å². The quantitative estimate of drug-likeness (QED) is 0.670. The van der Waals surface area contributed by atoms with E-state index in [0.29, 0.717) is 12.8 Å². The molecular formula is C9H12O2S. The summed E-state index contributed by atoms with van der Waals surface area (Å²) in [4.78, 5) is 21.9. The van der Waals surface area contributed by atoms with Gasteiger partial charge in [0.15, 0.2) is 5.78 Å². The Morgan fingerprint density at radius 1 is 1.75 bits per heavy atom. The van der Waals surface area contributed by atoms with Gasteiger partial charge in [0.05, 0.1) is 0 Å². The Morgan fingerprint density at radius 2 is 2.50 bits per heavy atom. The maximum absolute atomic E-state index is 11.2. The van der Waals surface area contributed by atoms with Gasteiger partial charge in [-0.2, -0.15) is 0 Å². The van der Waals surface area contributed by atoms with Gasteiger partial charge >= 0.3 is 0 Å². The third-order valence-electron chi connectivity index (χ3n) is 1.87. The van der Waals surface area contributed by atoms with Crippen LogP contribution in [0.15, 0.2) is 11.5 Å². The number of allylic oxidation sites excluding steroid dienone is 1. The predicted octanol–water partition coefficient (Wildman–Crippen LogP) is 1.80. The monoisotopic (exact) mass is 184 g/mol. The molecule has 0 aliphatic carbocycles. The van der Waals surface area contributed by atoms with E-state index in [9.17, 15) is 9.59 Å². The topological polar surface area (TPSA) is 34.1 Å². The summed E-state index contributed by atoms with van der Waals surface area (Å²) in [6.45, 7) is 1.57. The van der Waals surface area contributed by atoms with Gasteiger partial charge < -0.3 is 4.79 Å². The second-order valence-electron chi connectivity index (χ2n) is 2.98. The molecule has 1 aliphatic rings. The molecule has 66 valence electrons. The molecule has 3 heteroatoms. The van der Waals surface area contributed by atoms with Crippen LogP contribution in [0.25, 0.3) is 0 Å². The highest BCUT2D eigenvalue weighted by atomic mass is 32.2. The van der Waals surface area contributed by atoms with E-state index in [-0.39, 0.29) is 17.5 Å². The van der Waals surface area contributed by atoms with Crippen LogP contribution in [0, 0.1) is 5.92 Å². The van der Waals surface area contributed by atoms with Gasteiger partial charge in [-0.3, -0.25) is 4.79 Å². The van der Waals surface area contributed by atoms with Crippen molar-refractivity contribution in [3.05, 3.63) is 11.5 Å². The summed E-state index contributed by atoms with van der Waals surface area (Å²) >= 11 is 1.65. The first-order chi connectivity index (χ1) is 5.70. The van der Waals surface area contributed by atoms with Crippen LogP contribution >= 0.6 is 11.8 Å². The zero-order valence-electron chi connectivity index (χ0n) is 7.08. The average Bonchev–Trinajstić information content (AvgIpc) is 2.03. The fourth-order valence-electron chi connectivity index (χ4n) is 1.11. The standard InChI is InChI=1S/C9H12O2S/c1-7(10)2-3-8-6-12-5-4-9(8)11/h4-5,8H,2-3,6H2,1H3. The largest absolute Gasteiger partial charge is 0.300 e. The first-order valence-corrected chi connectivity index (χ1v) is 5.06. The molecule has 0 aromatic heterocycles. The van der Waals surface area contributed by atoms with Gasteiger partial charge in [-0.15, -0.1) is 11.8 Å². The van der Waals surface area contributed by atoms with E-state index in [2.05, 4.69) is 0 Å². The van der Waals surface area contributed by atoms with Crippen molar-refractivity contribution < 1.29 is 9.59 Å². The summed E-state index contributed by atoms with van der Waals surface area (Å²) < 4.78 is 0. The zero-order valence-corrected chi connectivity index (χ0v) is 7.89.